The van der Waals surface area contributed by atoms with Crippen LogP contribution in [-0.4, -0.2) is 36.9 Å². The van der Waals surface area contributed by atoms with Crippen LogP contribution in [-0.2, 0) is 14.8 Å². The maximum absolute atomic E-state index is 12.4. The molecule has 0 bridgehead atoms. The van der Waals surface area contributed by atoms with Crippen molar-refractivity contribution in [2.45, 2.75) is 24.5 Å². The smallest absolute Gasteiger partial charge is 0.310 e. The summed E-state index contributed by atoms with van der Waals surface area (Å²) >= 11 is 1.17. The van der Waals surface area contributed by atoms with E-state index in [4.69, 9.17) is 5.11 Å². The molecule has 5 nitrogen and oxygen atoms in total. The highest BCUT2D eigenvalue weighted by atomic mass is 32.2. The third kappa shape index (κ3) is 2.06. The van der Waals surface area contributed by atoms with E-state index >= 15 is 0 Å². The summed E-state index contributed by atoms with van der Waals surface area (Å²) in [6.07, 6.45) is 0.353. The Morgan fingerprint density at radius 2 is 2.22 bits per heavy atom. The minimum atomic E-state index is -3.54. The Morgan fingerprint density at radius 1 is 1.56 bits per heavy atom. The number of hydrogen-bond acceptors (Lipinski definition) is 4. The lowest BCUT2D eigenvalue weighted by Gasteiger charge is -2.19. The molecule has 1 saturated heterocycles. The molecule has 1 aliphatic heterocycles. The summed E-state index contributed by atoms with van der Waals surface area (Å²) in [6, 6.07) is 1.75. The molecule has 0 aromatic carbocycles. The zero-order valence-electron chi connectivity index (χ0n) is 10.2. The topological polar surface area (TPSA) is 74.7 Å². The predicted molar refractivity (Wildman–Crippen MR) is 68.2 cm³/mol. The number of carboxylic acids is 1. The third-order valence-electron chi connectivity index (χ3n) is 3.34. The van der Waals surface area contributed by atoms with Gasteiger partial charge in [0.25, 0.3) is 10.0 Å². The highest BCUT2D eigenvalue weighted by Gasteiger charge is 2.45. The Balaban J connectivity index is 2.30. The van der Waals surface area contributed by atoms with Crippen LogP contribution in [0.4, 0.5) is 0 Å². The standard InChI is InChI=1S/C11H15NO4S2/c1-8-3-6-17-9(8)18(15,16)12-5-4-11(2,7-12)10(13)14/h3,6H,4-5,7H2,1-2H3,(H,13,14). The number of carbonyl (C=O) groups is 1. The maximum Gasteiger partial charge on any atom is 0.310 e. The zero-order valence-corrected chi connectivity index (χ0v) is 11.8. The van der Waals surface area contributed by atoms with E-state index in [1.165, 1.54) is 15.6 Å². The van der Waals surface area contributed by atoms with E-state index in [-0.39, 0.29) is 13.1 Å². The molecule has 1 aromatic heterocycles. The van der Waals surface area contributed by atoms with Crippen LogP contribution in [0, 0.1) is 12.3 Å². The summed E-state index contributed by atoms with van der Waals surface area (Å²) < 4.78 is 26.3. The average molecular weight is 289 g/mol. The van der Waals surface area contributed by atoms with Crippen molar-refractivity contribution in [3.63, 3.8) is 0 Å². The Bertz CT molecular complexity index is 578. The molecule has 0 saturated carbocycles. The normalized spacial score (nSPS) is 25.4. The number of aryl methyl sites for hydroxylation is 1. The van der Waals surface area contributed by atoms with Gasteiger partial charge in [0.2, 0.25) is 0 Å². The number of hydrogen-bond donors (Lipinski definition) is 1. The van der Waals surface area contributed by atoms with Crippen LogP contribution in [0.2, 0.25) is 0 Å². The van der Waals surface area contributed by atoms with Crippen LogP contribution < -0.4 is 0 Å². The first-order valence-corrected chi connectivity index (χ1v) is 7.87. The molecule has 1 atom stereocenters. The SMILES string of the molecule is Cc1ccsc1S(=O)(=O)N1CCC(C)(C(=O)O)C1. The first-order valence-electron chi connectivity index (χ1n) is 5.55. The highest BCUT2D eigenvalue weighted by Crippen LogP contribution is 2.35. The van der Waals surface area contributed by atoms with Gasteiger partial charge in [0.15, 0.2) is 0 Å². The van der Waals surface area contributed by atoms with Gasteiger partial charge < -0.3 is 5.11 Å². The molecule has 1 N–H and O–H groups in total. The fourth-order valence-electron chi connectivity index (χ4n) is 2.04. The third-order valence-corrected chi connectivity index (χ3v) is 6.85. The van der Waals surface area contributed by atoms with Crippen LogP contribution in [0.25, 0.3) is 0 Å². The molecular formula is C11H15NO4S2. The van der Waals surface area contributed by atoms with Crippen molar-refractivity contribution in [3.05, 3.63) is 17.0 Å². The summed E-state index contributed by atoms with van der Waals surface area (Å²) in [5.74, 6) is -0.942. The largest absolute Gasteiger partial charge is 0.481 e. The van der Waals surface area contributed by atoms with Crippen molar-refractivity contribution in [1.29, 1.82) is 0 Å². The molecule has 1 fully saturated rings. The first kappa shape index (κ1) is 13.5. The van der Waals surface area contributed by atoms with Crippen LogP contribution in [0.5, 0.6) is 0 Å². The predicted octanol–water partition coefficient (Wildman–Crippen LogP) is 1.54. The van der Waals surface area contributed by atoms with Gasteiger partial charge in [-0.05, 0) is 37.3 Å². The van der Waals surface area contributed by atoms with Crippen molar-refractivity contribution >= 4 is 27.3 Å². The van der Waals surface area contributed by atoms with Gasteiger partial charge in [-0.3, -0.25) is 4.79 Å². The van der Waals surface area contributed by atoms with E-state index in [0.717, 1.165) is 0 Å². The maximum atomic E-state index is 12.4. The van der Waals surface area contributed by atoms with Gasteiger partial charge in [-0.25, -0.2) is 8.42 Å². The average Bonchev–Trinajstić information content (AvgIpc) is 2.86. The lowest BCUT2D eigenvalue weighted by Crippen LogP contribution is -2.34. The first-order chi connectivity index (χ1) is 8.27. The summed E-state index contributed by atoms with van der Waals surface area (Å²) in [4.78, 5) is 11.1. The quantitative estimate of drug-likeness (QED) is 0.916. The van der Waals surface area contributed by atoms with Gasteiger partial charge in [-0.1, -0.05) is 0 Å². The fourth-order valence-corrected chi connectivity index (χ4v) is 5.15. The summed E-state index contributed by atoms with van der Waals surface area (Å²) in [6.45, 7) is 3.65. The Kier molecular flexibility index (Phi) is 3.25. The van der Waals surface area contributed by atoms with Gasteiger partial charge in [0.05, 0.1) is 5.41 Å². The van der Waals surface area contributed by atoms with Crippen molar-refractivity contribution in [1.82, 2.24) is 4.31 Å². The van der Waals surface area contributed by atoms with Gasteiger partial charge in [0, 0.05) is 13.1 Å². The number of thiophene rings is 1. The van der Waals surface area contributed by atoms with Gasteiger partial charge in [0.1, 0.15) is 4.21 Å². The number of aliphatic carboxylic acids is 1. The minimum absolute atomic E-state index is 0.0437. The second kappa shape index (κ2) is 4.32. The van der Waals surface area contributed by atoms with E-state index in [0.29, 0.717) is 16.2 Å². The number of carboxylic acid groups (broad SMARTS) is 1. The fraction of sp³-hybridized carbons (Fsp3) is 0.545. The molecular weight excluding hydrogens is 274 g/mol. The van der Waals surface area contributed by atoms with Crippen molar-refractivity contribution in [2.75, 3.05) is 13.1 Å². The summed E-state index contributed by atoms with van der Waals surface area (Å²) in [5, 5.41) is 10.9. The summed E-state index contributed by atoms with van der Waals surface area (Å²) in [7, 11) is -3.54. The van der Waals surface area contributed by atoms with Crippen LogP contribution in [0.1, 0.15) is 18.9 Å². The van der Waals surface area contributed by atoms with Gasteiger partial charge >= 0.3 is 5.97 Å². The molecule has 7 heteroatoms. The van der Waals surface area contributed by atoms with E-state index in [1.807, 2.05) is 0 Å². The molecule has 1 aliphatic rings. The van der Waals surface area contributed by atoms with Crippen molar-refractivity contribution in [2.24, 2.45) is 5.41 Å². The second-order valence-electron chi connectivity index (χ2n) is 4.85. The van der Waals surface area contributed by atoms with E-state index in [9.17, 15) is 13.2 Å². The van der Waals surface area contributed by atoms with Crippen molar-refractivity contribution in [3.8, 4) is 0 Å². The molecule has 0 radical (unpaired) electrons. The Labute approximate surface area is 110 Å². The monoisotopic (exact) mass is 289 g/mol. The number of sulfonamides is 1. The lowest BCUT2D eigenvalue weighted by molar-refractivity contribution is -0.146. The number of nitrogens with zero attached hydrogens (tertiary/aromatic N) is 1. The Morgan fingerprint density at radius 3 is 2.67 bits per heavy atom. The summed E-state index contributed by atoms with van der Waals surface area (Å²) in [5.41, 5.74) is -0.262. The molecule has 100 valence electrons. The molecule has 0 aliphatic carbocycles. The number of rotatable bonds is 3. The molecule has 1 unspecified atom stereocenters. The molecule has 18 heavy (non-hydrogen) atoms. The van der Waals surface area contributed by atoms with Gasteiger partial charge in [-0.15, -0.1) is 11.3 Å². The zero-order chi connectivity index (χ0) is 13.6. The van der Waals surface area contributed by atoms with Crippen molar-refractivity contribution < 1.29 is 18.3 Å². The minimum Gasteiger partial charge on any atom is -0.481 e. The van der Waals surface area contributed by atoms with Crippen LogP contribution in [0.3, 0.4) is 0 Å². The van der Waals surface area contributed by atoms with E-state index in [2.05, 4.69) is 0 Å². The van der Waals surface area contributed by atoms with E-state index < -0.39 is 21.4 Å². The Hall–Kier alpha value is -0.920. The van der Waals surface area contributed by atoms with E-state index in [1.54, 1.807) is 25.3 Å². The van der Waals surface area contributed by atoms with Crippen LogP contribution >= 0.6 is 11.3 Å². The molecule has 2 heterocycles. The van der Waals surface area contributed by atoms with Crippen LogP contribution in [0.15, 0.2) is 15.7 Å². The molecule has 0 spiro atoms. The van der Waals surface area contributed by atoms with Gasteiger partial charge in [-0.2, -0.15) is 4.31 Å². The molecule has 1 aromatic rings. The second-order valence-corrected chi connectivity index (χ2v) is 7.89. The highest BCUT2D eigenvalue weighted by molar-refractivity contribution is 7.91. The molecule has 0 amide bonds. The lowest BCUT2D eigenvalue weighted by atomic mass is 9.90. The molecule has 2 rings (SSSR count).